The molecular formula is C10H13IN2O. The molecule has 0 fully saturated rings. The van der Waals surface area contributed by atoms with Crippen LogP contribution in [-0.4, -0.2) is 21.9 Å². The topological polar surface area (TPSA) is 42.0 Å². The van der Waals surface area contributed by atoms with E-state index in [1.54, 1.807) is 12.4 Å². The molecule has 0 atom stereocenters. The molecule has 0 unspecified atom stereocenters. The second-order valence-electron chi connectivity index (χ2n) is 3.05. The van der Waals surface area contributed by atoms with Gasteiger partial charge in [-0.15, -0.1) is 0 Å². The first-order chi connectivity index (χ1) is 6.74. The molecule has 1 aromatic heterocycles. The van der Waals surface area contributed by atoms with Gasteiger partial charge >= 0.3 is 0 Å². The highest BCUT2D eigenvalue weighted by molar-refractivity contribution is 14.1. The fraction of sp³-hybridized carbons (Fsp3) is 0.400. The third kappa shape index (κ3) is 3.61. The van der Waals surface area contributed by atoms with Gasteiger partial charge in [0.25, 0.3) is 5.91 Å². The maximum atomic E-state index is 11.5. The fourth-order valence-electron chi connectivity index (χ4n) is 1.05. The lowest BCUT2D eigenvalue weighted by Crippen LogP contribution is -2.24. The second-order valence-corrected chi connectivity index (χ2v) is 4.13. The van der Waals surface area contributed by atoms with Gasteiger partial charge in [-0.3, -0.25) is 9.78 Å². The van der Waals surface area contributed by atoms with Crippen molar-refractivity contribution in [3.05, 3.63) is 29.6 Å². The summed E-state index contributed by atoms with van der Waals surface area (Å²) >= 11 is 2.29. The van der Waals surface area contributed by atoms with Crippen LogP contribution in [0.15, 0.2) is 18.5 Å². The molecule has 0 spiro atoms. The summed E-state index contributed by atoms with van der Waals surface area (Å²) < 4.78 is 1.06. The highest BCUT2D eigenvalue weighted by atomic mass is 127. The zero-order chi connectivity index (χ0) is 10.4. The molecule has 0 aromatic carbocycles. The van der Waals surface area contributed by atoms with Crippen LogP contribution in [0.4, 0.5) is 0 Å². The van der Waals surface area contributed by atoms with Gasteiger partial charge < -0.3 is 5.32 Å². The van der Waals surface area contributed by atoms with Gasteiger partial charge in [0.2, 0.25) is 0 Å². The smallest absolute Gasteiger partial charge is 0.252 e. The number of nitrogens with one attached hydrogen (secondary N) is 1. The molecule has 1 heterocycles. The van der Waals surface area contributed by atoms with E-state index < -0.39 is 0 Å². The van der Waals surface area contributed by atoms with Crippen LogP contribution < -0.4 is 5.32 Å². The summed E-state index contributed by atoms with van der Waals surface area (Å²) in [5, 5.41) is 2.84. The summed E-state index contributed by atoms with van der Waals surface area (Å²) in [5.41, 5.74) is 1.64. The van der Waals surface area contributed by atoms with Gasteiger partial charge in [-0.2, -0.15) is 0 Å². The van der Waals surface area contributed by atoms with Crippen LogP contribution in [0, 0.1) is 6.92 Å². The molecule has 76 valence electrons. The number of rotatable bonds is 4. The third-order valence-electron chi connectivity index (χ3n) is 1.73. The van der Waals surface area contributed by atoms with E-state index in [1.165, 1.54) is 0 Å². The molecule has 14 heavy (non-hydrogen) atoms. The summed E-state index contributed by atoms with van der Waals surface area (Å²) in [6.45, 7) is 2.66. The van der Waals surface area contributed by atoms with Crippen molar-refractivity contribution < 1.29 is 4.79 Å². The van der Waals surface area contributed by atoms with Gasteiger partial charge in [-0.25, -0.2) is 0 Å². The Morgan fingerprint density at radius 1 is 1.57 bits per heavy atom. The number of carbonyl (C=O) groups excluding carboxylic acids is 1. The van der Waals surface area contributed by atoms with Crippen LogP contribution in [0.2, 0.25) is 0 Å². The Bertz CT molecular complexity index is 315. The number of nitrogens with zero attached hydrogens (tertiary/aromatic N) is 1. The SMILES string of the molecule is Cc1cncc(C(=O)NCCCI)c1. The Balaban J connectivity index is 2.52. The predicted molar refractivity (Wildman–Crippen MR) is 64.8 cm³/mol. The van der Waals surface area contributed by atoms with E-state index in [-0.39, 0.29) is 5.91 Å². The van der Waals surface area contributed by atoms with Crippen molar-refractivity contribution in [1.29, 1.82) is 0 Å². The zero-order valence-corrected chi connectivity index (χ0v) is 10.2. The highest BCUT2D eigenvalue weighted by Crippen LogP contribution is 2.00. The average molecular weight is 304 g/mol. The van der Waals surface area contributed by atoms with Gasteiger partial charge in [-0.05, 0) is 25.0 Å². The predicted octanol–water partition coefficient (Wildman–Crippen LogP) is 1.94. The maximum Gasteiger partial charge on any atom is 0.252 e. The Hall–Kier alpha value is -0.650. The van der Waals surface area contributed by atoms with Crippen LogP contribution in [0.3, 0.4) is 0 Å². The Morgan fingerprint density at radius 2 is 2.36 bits per heavy atom. The van der Waals surface area contributed by atoms with Crippen molar-refractivity contribution in [1.82, 2.24) is 10.3 Å². The molecule has 1 N–H and O–H groups in total. The second kappa shape index (κ2) is 5.95. The molecule has 0 aliphatic carbocycles. The van der Waals surface area contributed by atoms with Gasteiger partial charge in [0.1, 0.15) is 0 Å². The lowest BCUT2D eigenvalue weighted by molar-refractivity contribution is 0.0953. The van der Waals surface area contributed by atoms with E-state index in [1.807, 2.05) is 13.0 Å². The first-order valence-corrected chi connectivity index (χ1v) is 6.02. The number of aromatic nitrogens is 1. The molecule has 4 heteroatoms. The normalized spacial score (nSPS) is 9.86. The fourth-order valence-corrected chi connectivity index (χ4v) is 1.43. The Morgan fingerprint density at radius 3 is 3.00 bits per heavy atom. The molecule has 1 rings (SSSR count). The number of pyridine rings is 1. The average Bonchev–Trinajstić information content (AvgIpc) is 2.18. The molecule has 0 aliphatic heterocycles. The minimum absolute atomic E-state index is 0.0361. The molecule has 0 radical (unpaired) electrons. The first kappa shape index (κ1) is 11.4. The van der Waals surface area contributed by atoms with Gasteiger partial charge in [0.15, 0.2) is 0 Å². The number of hydrogen-bond acceptors (Lipinski definition) is 2. The molecule has 0 saturated heterocycles. The molecule has 3 nitrogen and oxygen atoms in total. The summed E-state index contributed by atoms with van der Waals surface area (Å²) in [5.74, 6) is -0.0361. The number of alkyl halides is 1. The quantitative estimate of drug-likeness (QED) is 0.525. The lowest BCUT2D eigenvalue weighted by atomic mass is 10.2. The van der Waals surface area contributed by atoms with Gasteiger partial charge in [0, 0.05) is 23.4 Å². The van der Waals surface area contributed by atoms with Crippen molar-refractivity contribution in [3.8, 4) is 0 Å². The van der Waals surface area contributed by atoms with E-state index in [0.29, 0.717) is 5.56 Å². The molecule has 0 aliphatic rings. The lowest BCUT2D eigenvalue weighted by Gasteiger charge is -2.03. The van der Waals surface area contributed by atoms with Crippen LogP contribution in [0.1, 0.15) is 22.3 Å². The number of halogens is 1. The minimum Gasteiger partial charge on any atom is -0.352 e. The zero-order valence-electron chi connectivity index (χ0n) is 8.09. The maximum absolute atomic E-state index is 11.5. The van der Waals surface area contributed by atoms with Crippen molar-refractivity contribution in [2.24, 2.45) is 0 Å². The third-order valence-corrected chi connectivity index (χ3v) is 2.50. The van der Waals surface area contributed by atoms with Crippen molar-refractivity contribution >= 4 is 28.5 Å². The van der Waals surface area contributed by atoms with Crippen LogP contribution in [0.25, 0.3) is 0 Å². The summed E-state index contributed by atoms with van der Waals surface area (Å²) in [7, 11) is 0. The minimum atomic E-state index is -0.0361. The van der Waals surface area contributed by atoms with E-state index in [4.69, 9.17) is 0 Å². The summed E-state index contributed by atoms with van der Waals surface area (Å²) in [4.78, 5) is 15.5. The summed E-state index contributed by atoms with van der Waals surface area (Å²) in [6, 6.07) is 1.84. The van der Waals surface area contributed by atoms with Gasteiger partial charge in [0.05, 0.1) is 5.56 Å². The first-order valence-electron chi connectivity index (χ1n) is 4.50. The van der Waals surface area contributed by atoms with Crippen molar-refractivity contribution in [2.75, 3.05) is 11.0 Å². The van der Waals surface area contributed by atoms with E-state index in [9.17, 15) is 4.79 Å². The van der Waals surface area contributed by atoms with E-state index in [0.717, 1.165) is 23.0 Å². The summed E-state index contributed by atoms with van der Waals surface area (Å²) in [6.07, 6.45) is 4.33. The van der Waals surface area contributed by atoms with Crippen LogP contribution >= 0.6 is 22.6 Å². The van der Waals surface area contributed by atoms with Crippen molar-refractivity contribution in [2.45, 2.75) is 13.3 Å². The Kier molecular flexibility index (Phi) is 4.86. The number of aryl methyl sites for hydroxylation is 1. The monoisotopic (exact) mass is 304 g/mol. The molecule has 0 saturated carbocycles. The molecular weight excluding hydrogens is 291 g/mol. The van der Waals surface area contributed by atoms with Crippen LogP contribution in [0.5, 0.6) is 0 Å². The molecule has 1 amide bonds. The number of amides is 1. The highest BCUT2D eigenvalue weighted by Gasteiger charge is 2.04. The number of carbonyl (C=O) groups is 1. The Labute approximate surface area is 97.4 Å². The van der Waals surface area contributed by atoms with E-state index in [2.05, 4.69) is 32.9 Å². The van der Waals surface area contributed by atoms with E-state index >= 15 is 0 Å². The van der Waals surface area contributed by atoms with Gasteiger partial charge in [-0.1, -0.05) is 22.6 Å². The largest absolute Gasteiger partial charge is 0.352 e. The standard InChI is InChI=1S/C10H13IN2O/c1-8-5-9(7-12-6-8)10(14)13-4-2-3-11/h5-7H,2-4H2,1H3,(H,13,14). The molecule has 0 bridgehead atoms. The van der Waals surface area contributed by atoms with Crippen LogP contribution in [-0.2, 0) is 0 Å². The molecule has 1 aromatic rings. The van der Waals surface area contributed by atoms with Crippen molar-refractivity contribution in [3.63, 3.8) is 0 Å². The number of hydrogen-bond donors (Lipinski definition) is 1.